The van der Waals surface area contributed by atoms with Gasteiger partial charge in [-0.3, -0.25) is 0 Å². The third-order valence-electron chi connectivity index (χ3n) is 1.94. The third-order valence-corrected chi connectivity index (χ3v) is 1.94. The SMILES string of the molecule is O=C1OCc2ccc(CO)cc21. The molecule has 0 atom stereocenters. The Morgan fingerprint density at radius 3 is 3.08 bits per heavy atom. The van der Waals surface area contributed by atoms with Crippen LogP contribution in [0.25, 0.3) is 0 Å². The number of benzene rings is 1. The molecule has 0 saturated carbocycles. The quantitative estimate of drug-likeness (QED) is 0.626. The van der Waals surface area contributed by atoms with E-state index in [0.717, 1.165) is 11.1 Å². The van der Waals surface area contributed by atoms with Crippen molar-refractivity contribution < 1.29 is 14.6 Å². The Kier molecular flexibility index (Phi) is 1.59. The highest BCUT2D eigenvalue weighted by molar-refractivity contribution is 5.93. The lowest BCUT2D eigenvalue weighted by molar-refractivity contribution is 0.0535. The van der Waals surface area contributed by atoms with Crippen LogP contribution in [0.15, 0.2) is 18.2 Å². The van der Waals surface area contributed by atoms with Crippen LogP contribution >= 0.6 is 0 Å². The Labute approximate surface area is 69.6 Å². The lowest BCUT2D eigenvalue weighted by atomic mass is 10.1. The van der Waals surface area contributed by atoms with Gasteiger partial charge in [0.2, 0.25) is 0 Å². The first-order chi connectivity index (χ1) is 5.81. The summed E-state index contributed by atoms with van der Waals surface area (Å²) in [7, 11) is 0. The summed E-state index contributed by atoms with van der Waals surface area (Å²) in [6, 6.07) is 5.28. The first kappa shape index (κ1) is 7.31. The van der Waals surface area contributed by atoms with Crippen LogP contribution < -0.4 is 0 Å². The molecular weight excluding hydrogens is 156 g/mol. The van der Waals surface area contributed by atoms with Crippen molar-refractivity contribution in [1.29, 1.82) is 0 Å². The molecule has 2 rings (SSSR count). The van der Waals surface area contributed by atoms with E-state index in [2.05, 4.69) is 0 Å². The molecule has 12 heavy (non-hydrogen) atoms. The molecule has 0 spiro atoms. The van der Waals surface area contributed by atoms with Crippen LogP contribution in [-0.4, -0.2) is 11.1 Å². The Hall–Kier alpha value is -1.35. The van der Waals surface area contributed by atoms with Crippen molar-refractivity contribution in [1.82, 2.24) is 0 Å². The van der Waals surface area contributed by atoms with Crippen LogP contribution in [0.4, 0.5) is 0 Å². The number of hydrogen-bond donors (Lipinski definition) is 1. The number of carbonyl (C=O) groups is 1. The predicted octanol–water partition coefficient (Wildman–Crippen LogP) is 0.849. The van der Waals surface area contributed by atoms with Gasteiger partial charge in [-0.1, -0.05) is 12.1 Å². The zero-order chi connectivity index (χ0) is 8.55. The Balaban J connectivity index is 2.50. The van der Waals surface area contributed by atoms with Gasteiger partial charge >= 0.3 is 5.97 Å². The van der Waals surface area contributed by atoms with Gasteiger partial charge in [-0.25, -0.2) is 4.79 Å². The van der Waals surface area contributed by atoms with E-state index < -0.39 is 0 Å². The van der Waals surface area contributed by atoms with Crippen LogP contribution in [-0.2, 0) is 18.0 Å². The summed E-state index contributed by atoms with van der Waals surface area (Å²) in [5.74, 6) is -0.291. The number of fused-ring (bicyclic) bond motifs is 1. The van der Waals surface area contributed by atoms with E-state index in [9.17, 15) is 4.79 Å². The van der Waals surface area contributed by atoms with E-state index in [0.29, 0.717) is 12.2 Å². The fourth-order valence-electron chi connectivity index (χ4n) is 1.26. The molecule has 0 saturated heterocycles. The summed E-state index contributed by atoms with van der Waals surface area (Å²) in [4.78, 5) is 11.0. The zero-order valence-corrected chi connectivity index (χ0v) is 6.41. The average Bonchev–Trinajstić information content (AvgIpc) is 2.47. The molecular formula is C9H8O3. The number of ether oxygens (including phenoxy) is 1. The molecule has 0 unspecified atom stereocenters. The van der Waals surface area contributed by atoms with Crippen molar-refractivity contribution in [2.45, 2.75) is 13.2 Å². The molecule has 62 valence electrons. The lowest BCUT2D eigenvalue weighted by Gasteiger charge is -1.96. The minimum Gasteiger partial charge on any atom is -0.457 e. The maximum absolute atomic E-state index is 11.0. The molecule has 0 radical (unpaired) electrons. The summed E-state index contributed by atoms with van der Waals surface area (Å²) in [6.07, 6.45) is 0. The van der Waals surface area contributed by atoms with Gasteiger partial charge in [0.1, 0.15) is 6.61 Å². The van der Waals surface area contributed by atoms with Crippen molar-refractivity contribution in [3.8, 4) is 0 Å². The molecule has 1 heterocycles. The van der Waals surface area contributed by atoms with Gasteiger partial charge in [-0.15, -0.1) is 0 Å². The standard InChI is InChI=1S/C9H8O3/c10-4-6-1-2-7-5-12-9(11)8(7)3-6/h1-3,10H,4-5H2. The minimum atomic E-state index is -0.291. The molecule has 3 nitrogen and oxygen atoms in total. The molecule has 0 aliphatic carbocycles. The number of aliphatic hydroxyl groups is 1. The third kappa shape index (κ3) is 0.987. The van der Waals surface area contributed by atoms with Gasteiger partial charge in [0.05, 0.1) is 12.2 Å². The number of rotatable bonds is 1. The van der Waals surface area contributed by atoms with Crippen molar-refractivity contribution in [2.75, 3.05) is 0 Å². The fraction of sp³-hybridized carbons (Fsp3) is 0.222. The van der Waals surface area contributed by atoms with E-state index >= 15 is 0 Å². The molecule has 1 aliphatic rings. The van der Waals surface area contributed by atoms with Gasteiger partial charge in [-0.05, 0) is 11.6 Å². The van der Waals surface area contributed by atoms with E-state index in [4.69, 9.17) is 9.84 Å². The lowest BCUT2D eigenvalue weighted by Crippen LogP contribution is -1.95. The number of esters is 1. The Morgan fingerprint density at radius 2 is 2.33 bits per heavy atom. The summed E-state index contributed by atoms with van der Waals surface area (Å²) in [5, 5.41) is 8.80. The molecule has 1 aromatic rings. The number of carbonyl (C=O) groups excluding carboxylic acids is 1. The van der Waals surface area contributed by atoms with E-state index in [1.54, 1.807) is 12.1 Å². The molecule has 1 aliphatic heterocycles. The van der Waals surface area contributed by atoms with Crippen molar-refractivity contribution >= 4 is 5.97 Å². The van der Waals surface area contributed by atoms with Crippen LogP contribution in [0.2, 0.25) is 0 Å². The number of hydrogen-bond acceptors (Lipinski definition) is 3. The Morgan fingerprint density at radius 1 is 1.50 bits per heavy atom. The summed E-state index contributed by atoms with van der Waals surface area (Å²) < 4.78 is 4.80. The number of aliphatic hydroxyl groups excluding tert-OH is 1. The molecule has 3 heteroatoms. The normalized spacial score (nSPS) is 14.2. The molecule has 1 N–H and O–H groups in total. The average molecular weight is 164 g/mol. The molecule has 0 fully saturated rings. The monoisotopic (exact) mass is 164 g/mol. The van der Waals surface area contributed by atoms with Gasteiger partial charge in [0.25, 0.3) is 0 Å². The van der Waals surface area contributed by atoms with E-state index in [1.807, 2.05) is 6.07 Å². The second-order valence-corrected chi connectivity index (χ2v) is 2.73. The molecule has 0 aromatic heterocycles. The van der Waals surface area contributed by atoms with E-state index in [-0.39, 0.29) is 12.6 Å². The van der Waals surface area contributed by atoms with Crippen molar-refractivity contribution in [2.24, 2.45) is 0 Å². The highest BCUT2D eigenvalue weighted by Gasteiger charge is 2.20. The fourth-order valence-corrected chi connectivity index (χ4v) is 1.26. The van der Waals surface area contributed by atoms with Crippen LogP contribution in [0.3, 0.4) is 0 Å². The minimum absolute atomic E-state index is 0.0411. The smallest absolute Gasteiger partial charge is 0.338 e. The van der Waals surface area contributed by atoms with Gasteiger partial charge in [0.15, 0.2) is 0 Å². The van der Waals surface area contributed by atoms with Crippen LogP contribution in [0, 0.1) is 0 Å². The van der Waals surface area contributed by atoms with Crippen LogP contribution in [0.1, 0.15) is 21.5 Å². The summed E-state index contributed by atoms with van der Waals surface area (Å²) in [6.45, 7) is 0.320. The predicted molar refractivity (Wildman–Crippen MR) is 41.5 cm³/mol. The molecule has 1 aromatic carbocycles. The topological polar surface area (TPSA) is 46.5 Å². The number of cyclic esters (lactones) is 1. The first-order valence-electron chi connectivity index (χ1n) is 3.71. The highest BCUT2D eigenvalue weighted by atomic mass is 16.5. The zero-order valence-electron chi connectivity index (χ0n) is 6.41. The Bertz CT molecular complexity index is 331. The summed E-state index contributed by atoms with van der Waals surface area (Å²) >= 11 is 0. The first-order valence-corrected chi connectivity index (χ1v) is 3.71. The van der Waals surface area contributed by atoms with Gasteiger partial charge in [0, 0.05) is 5.56 Å². The largest absolute Gasteiger partial charge is 0.457 e. The highest BCUT2D eigenvalue weighted by Crippen LogP contribution is 2.20. The summed E-state index contributed by atoms with van der Waals surface area (Å²) in [5.41, 5.74) is 2.23. The van der Waals surface area contributed by atoms with E-state index in [1.165, 1.54) is 0 Å². The van der Waals surface area contributed by atoms with Gasteiger partial charge < -0.3 is 9.84 Å². The molecule has 0 amide bonds. The van der Waals surface area contributed by atoms with Crippen LogP contribution in [0.5, 0.6) is 0 Å². The maximum atomic E-state index is 11.0. The van der Waals surface area contributed by atoms with Crippen molar-refractivity contribution in [3.63, 3.8) is 0 Å². The second-order valence-electron chi connectivity index (χ2n) is 2.73. The maximum Gasteiger partial charge on any atom is 0.338 e. The molecule has 0 bridgehead atoms. The van der Waals surface area contributed by atoms with Crippen molar-refractivity contribution in [3.05, 3.63) is 34.9 Å². The second kappa shape index (κ2) is 2.60. The van der Waals surface area contributed by atoms with Gasteiger partial charge in [-0.2, -0.15) is 0 Å².